The number of rotatable bonds is 5. The number of hydrogen-bond donors (Lipinski definition) is 0. The summed E-state index contributed by atoms with van der Waals surface area (Å²) in [6.45, 7) is 7.40. The van der Waals surface area contributed by atoms with Crippen LogP contribution in [-0.2, 0) is 4.79 Å². The fraction of sp³-hybridized carbons (Fsp3) is 0.750. The Morgan fingerprint density at radius 2 is 2.29 bits per heavy atom. The second kappa shape index (κ2) is 5.97. The molecule has 0 N–H and O–H groups in total. The zero-order valence-electron chi connectivity index (χ0n) is 9.33. The van der Waals surface area contributed by atoms with Crippen LogP contribution in [0.2, 0.25) is 0 Å². The Bertz CT molecular complexity index is 210. The van der Waals surface area contributed by atoms with E-state index in [0.717, 1.165) is 32.5 Å². The summed E-state index contributed by atoms with van der Waals surface area (Å²) in [5.74, 6) is 0.902. The molecule has 1 atom stereocenters. The number of Topliss-reactive ketones (excluding diaryl/α,β-unsaturated/α-hetero) is 1. The largest absolute Gasteiger partial charge is 0.300 e. The molecule has 1 heterocycles. The van der Waals surface area contributed by atoms with Gasteiger partial charge in [0.15, 0.2) is 0 Å². The van der Waals surface area contributed by atoms with Crippen LogP contribution in [0.4, 0.5) is 0 Å². The van der Waals surface area contributed by atoms with Crippen molar-refractivity contribution in [3.05, 3.63) is 12.2 Å². The standard InChI is InChI=1S/C12H21NO/c1-3-12(14)9-11(2)10-13-7-5-4-6-8-13/h4-5,11H,3,6-10H2,1-2H3. The minimum atomic E-state index is 0.394. The zero-order chi connectivity index (χ0) is 10.4. The minimum absolute atomic E-state index is 0.394. The fourth-order valence-corrected chi connectivity index (χ4v) is 1.89. The molecule has 1 unspecified atom stereocenters. The number of nitrogens with zero attached hydrogens (tertiary/aromatic N) is 1. The topological polar surface area (TPSA) is 20.3 Å². The van der Waals surface area contributed by atoms with Crippen molar-refractivity contribution >= 4 is 5.78 Å². The Morgan fingerprint density at radius 1 is 1.50 bits per heavy atom. The Labute approximate surface area is 87.0 Å². The van der Waals surface area contributed by atoms with E-state index in [0.29, 0.717) is 18.1 Å². The Morgan fingerprint density at radius 3 is 2.86 bits per heavy atom. The number of carbonyl (C=O) groups is 1. The van der Waals surface area contributed by atoms with Crippen molar-refractivity contribution < 1.29 is 4.79 Å². The zero-order valence-corrected chi connectivity index (χ0v) is 9.33. The highest BCUT2D eigenvalue weighted by Gasteiger charge is 2.12. The van der Waals surface area contributed by atoms with E-state index in [1.165, 1.54) is 0 Å². The second-order valence-electron chi connectivity index (χ2n) is 4.22. The first-order chi connectivity index (χ1) is 6.72. The van der Waals surface area contributed by atoms with Crippen LogP contribution in [0.3, 0.4) is 0 Å². The predicted molar refractivity (Wildman–Crippen MR) is 59.3 cm³/mol. The van der Waals surface area contributed by atoms with Crippen molar-refractivity contribution in [3.8, 4) is 0 Å². The lowest BCUT2D eigenvalue weighted by molar-refractivity contribution is -0.119. The van der Waals surface area contributed by atoms with Crippen molar-refractivity contribution in [1.82, 2.24) is 4.90 Å². The Kier molecular flexibility index (Phi) is 4.88. The summed E-state index contributed by atoms with van der Waals surface area (Å²) < 4.78 is 0. The normalized spacial score (nSPS) is 19.6. The van der Waals surface area contributed by atoms with Crippen molar-refractivity contribution in [2.75, 3.05) is 19.6 Å². The summed E-state index contributed by atoms with van der Waals surface area (Å²) in [5.41, 5.74) is 0. The van der Waals surface area contributed by atoms with Crippen LogP contribution >= 0.6 is 0 Å². The van der Waals surface area contributed by atoms with Crippen LogP contribution in [0.15, 0.2) is 12.2 Å². The van der Waals surface area contributed by atoms with E-state index in [1.54, 1.807) is 0 Å². The molecule has 0 aliphatic carbocycles. The molecule has 0 bridgehead atoms. The number of ketones is 1. The van der Waals surface area contributed by atoms with Crippen LogP contribution in [0.5, 0.6) is 0 Å². The fourth-order valence-electron chi connectivity index (χ4n) is 1.89. The summed E-state index contributed by atoms with van der Waals surface area (Å²) in [4.78, 5) is 13.7. The maximum atomic E-state index is 11.2. The monoisotopic (exact) mass is 195 g/mol. The first-order valence-corrected chi connectivity index (χ1v) is 5.61. The van der Waals surface area contributed by atoms with Gasteiger partial charge in [0.2, 0.25) is 0 Å². The third-order valence-corrected chi connectivity index (χ3v) is 2.68. The lowest BCUT2D eigenvalue weighted by atomic mass is 10.0. The van der Waals surface area contributed by atoms with E-state index in [2.05, 4.69) is 24.0 Å². The first kappa shape index (κ1) is 11.4. The highest BCUT2D eigenvalue weighted by atomic mass is 16.1. The average molecular weight is 195 g/mol. The molecule has 80 valence electrons. The molecule has 14 heavy (non-hydrogen) atoms. The summed E-state index contributed by atoms with van der Waals surface area (Å²) >= 11 is 0. The molecule has 0 aromatic carbocycles. The molecule has 2 nitrogen and oxygen atoms in total. The minimum Gasteiger partial charge on any atom is -0.300 e. The molecule has 2 heteroatoms. The van der Waals surface area contributed by atoms with Gasteiger partial charge in [0, 0.05) is 32.5 Å². The predicted octanol–water partition coefficient (Wildman–Crippen LogP) is 2.25. The molecule has 1 aliphatic rings. The molecule has 0 fully saturated rings. The van der Waals surface area contributed by atoms with Gasteiger partial charge < -0.3 is 0 Å². The van der Waals surface area contributed by atoms with Crippen LogP contribution < -0.4 is 0 Å². The van der Waals surface area contributed by atoms with Gasteiger partial charge >= 0.3 is 0 Å². The average Bonchev–Trinajstić information content (AvgIpc) is 2.19. The van der Waals surface area contributed by atoms with E-state index in [-0.39, 0.29) is 0 Å². The lowest BCUT2D eigenvalue weighted by Gasteiger charge is -2.25. The van der Waals surface area contributed by atoms with E-state index < -0.39 is 0 Å². The van der Waals surface area contributed by atoms with Gasteiger partial charge in [-0.1, -0.05) is 26.0 Å². The smallest absolute Gasteiger partial charge is 0.132 e. The summed E-state index contributed by atoms with van der Waals surface area (Å²) in [6.07, 6.45) is 7.05. The summed E-state index contributed by atoms with van der Waals surface area (Å²) in [6, 6.07) is 0. The maximum absolute atomic E-state index is 11.2. The summed E-state index contributed by atoms with van der Waals surface area (Å²) in [7, 11) is 0. The van der Waals surface area contributed by atoms with Gasteiger partial charge in [0.05, 0.1) is 0 Å². The van der Waals surface area contributed by atoms with Gasteiger partial charge in [-0.15, -0.1) is 0 Å². The molecule has 0 saturated heterocycles. The third-order valence-electron chi connectivity index (χ3n) is 2.68. The van der Waals surface area contributed by atoms with Crippen LogP contribution in [0, 0.1) is 5.92 Å². The lowest BCUT2D eigenvalue weighted by Crippen LogP contribution is -2.32. The van der Waals surface area contributed by atoms with Crippen molar-refractivity contribution in [1.29, 1.82) is 0 Å². The third kappa shape index (κ3) is 4.05. The van der Waals surface area contributed by atoms with E-state index in [9.17, 15) is 4.79 Å². The number of hydrogen-bond acceptors (Lipinski definition) is 2. The van der Waals surface area contributed by atoms with Crippen LogP contribution in [0.25, 0.3) is 0 Å². The maximum Gasteiger partial charge on any atom is 0.132 e. The molecule has 0 aromatic rings. The highest BCUT2D eigenvalue weighted by molar-refractivity contribution is 5.78. The molecule has 0 amide bonds. The van der Waals surface area contributed by atoms with Gasteiger partial charge in [-0.3, -0.25) is 9.69 Å². The molecular formula is C12H21NO. The molecular weight excluding hydrogens is 174 g/mol. The molecule has 0 radical (unpaired) electrons. The SMILES string of the molecule is CCC(=O)CC(C)CN1CC=CCC1. The summed E-state index contributed by atoms with van der Waals surface area (Å²) in [5, 5.41) is 0. The quantitative estimate of drug-likeness (QED) is 0.627. The Hall–Kier alpha value is -0.630. The van der Waals surface area contributed by atoms with E-state index >= 15 is 0 Å². The van der Waals surface area contributed by atoms with Crippen LogP contribution in [-0.4, -0.2) is 30.3 Å². The van der Waals surface area contributed by atoms with Gasteiger partial charge in [-0.25, -0.2) is 0 Å². The van der Waals surface area contributed by atoms with Gasteiger partial charge in [0.1, 0.15) is 5.78 Å². The van der Waals surface area contributed by atoms with Crippen molar-refractivity contribution in [2.24, 2.45) is 5.92 Å². The van der Waals surface area contributed by atoms with Gasteiger partial charge in [-0.05, 0) is 12.3 Å². The van der Waals surface area contributed by atoms with E-state index in [1.807, 2.05) is 6.92 Å². The van der Waals surface area contributed by atoms with Gasteiger partial charge in [-0.2, -0.15) is 0 Å². The van der Waals surface area contributed by atoms with Crippen LogP contribution in [0.1, 0.15) is 33.1 Å². The van der Waals surface area contributed by atoms with Crippen molar-refractivity contribution in [2.45, 2.75) is 33.1 Å². The van der Waals surface area contributed by atoms with Gasteiger partial charge in [0.25, 0.3) is 0 Å². The molecule has 0 aromatic heterocycles. The molecule has 1 rings (SSSR count). The highest BCUT2D eigenvalue weighted by Crippen LogP contribution is 2.09. The molecule has 0 spiro atoms. The number of carbonyl (C=O) groups excluding carboxylic acids is 1. The van der Waals surface area contributed by atoms with Crippen molar-refractivity contribution in [3.63, 3.8) is 0 Å². The first-order valence-electron chi connectivity index (χ1n) is 5.61. The molecule has 1 aliphatic heterocycles. The Balaban J connectivity index is 2.22. The molecule has 0 saturated carbocycles. The van der Waals surface area contributed by atoms with E-state index in [4.69, 9.17) is 0 Å². The second-order valence-corrected chi connectivity index (χ2v) is 4.22.